The monoisotopic (exact) mass is 307 g/mol. The van der Waals surface area contributed by atoms with Crippen LogP contribution in [0.1, 0.15) is 26.2 Å². The van der Waals surface area contributed by atoms with Gasteiger partial charge in [-0.2, -0.15) is 0 Å². The molecule has 1 saturated heterocycles. The van der Waals surface area contributed by atoms with Gasteiger partial charge in [0.2, 0.25) is 0 Å². The minimum absolute atomic E-state index is 0.678. The molecule has 1 aliphatic heterocycles. The highest BCUT2D eigenvalue weighted by molar-refractivity contribution is 6.30. The first kappa shape index (κ1) is 15.1. The molecule has 0 amide bonds. The molecule has 1 saturated carbocycles. The molecule has 2 fully saturated rings. The fourth-order valence-electron chi connectivity index (χ4n) is 3.06. The molecule has 1 aromatic rings. The summed E-state index contributed by atoms with van der Waals surface area (Å²) in [7, 11) is 0. The molecule has 2 aliphatic rings. The number of nitrogens with one attached hydrogen (secondary N) is 1. The van der Waals surface area contributed by atoms with Gasteiger partial charge < -0.3 is 10.2 Å². The number of hydrogen-bond donors (Lipinski definition) is 1. The minimum atomic E-state index is 0.678. The molecule has 116 valence electrons. The van der Waals surface area contributed by atoms with E-state index in [1.54, 1.807) is 0 Å². The highest BCUT2D eigenvalue weighted by Gasteiger charge is 2.23. The lowest BCUT2D eigenvalue weighted by Crippen LogP contribution is -2.50. The van der Waals surface area contributed by atoms with Crippen LogP contribution in [0.15, 0.2) is 24.3 Å². The summed E-state index contributed by atoms with van der Waals surface area (Å²) in [6.07, 6.45) is 4.02. The van der Waals surface area contributed by atoms with Gasteiger partial charge in [0.05, 0.1) is 0 Å². The van der Waals surface area contributed by atoms with Crippen molar-refractivity contribution in [3.05, 3.63) is 29.3 Å². The van der Waals surface area contributed by atoms with Crippen molar-refractivity contribution in [1.29, 1.82) is 0 Å². The Morgan fingerprint density at radius 1 is 1.24 bits per heavy atom. The van der Waals surface area contributed by atoms with Crippen molar-refractivity contribution in [3.63, 3.8) is 0 Å². The van der Waals surface area contributed by atoms with Crippen LogP contribution in [0.25, 0.3) is 0 Å². The van der Waals surface area contributed by atoms with Gasteiger partial charge in [-0.25, -0.2) is 0 Å². The van der Waals surface area contributed by atoms with Gasteiger partial charge in [-0.05, 0) is 50.9 Å². The van der Waals surface area contributed by atoms with Gasteiger partial charge in [-0.3, -0.25) is 4.90 Å². The second-order valence-corrected chi connectivity index (χ2v) is 6.81. The third-order valence-corrected chi connectivity index (χ3v) is 4.92. The molecular formula is C17H26ClN3. The maximum Gasteiger partial charge on any atom is 0.0426 e. The molecular weight excluding hydrogens is 282 g/mol. The van der Waals surface area contributed by atoms with E-state index in [2.05, 4.69) is 34.2 Å². The molecule has 1 N–H and O–H groups in total. The maximum atomic E-state index is 6.09. The molecule has 0 spiro atoms. The van der Waals surface area contributed by atoms with E-state index in [1.807, 2.05) is 12.1 Å². The molecule has 1 unspecified atom stereocenters. The predicted octanol–water partition coefficient (Wildman–Crippen LogP) is 2.99. The summed E-state index contributed by atoms with van der Waals surface area (Å²) in [6, 6.07) is 9.71. The van der Waals surface area contributed by atoms with Gasteiger partial charge >= 0.3 is 0 Å². The molecule has 0 aromatic heterocycles. The second kappa shape index (κ2) is 6.99. The normalized spacial score (nSPS) is 21.5. The third-order valence-electron chi connectivity index (χ3n) is 4.68. The number of benzene rings is 1. The quantitative estimate of drug-likeness (QED) is 0.871. The van der Waals surface area contributed by atoms with E-state index in [-0.39, 0.29) is 0 Å². The Hall–Kier alpha value is -0.770. The van der Waals surface area contributed by atoms with Crippen molar-refractivity contribution in [2.45, 2.75) is 38.3 Å². The zero-order chi connectivity index (χ0) is 14.7. The first-order valence-electron chi connectivity index (χ1n) is 8.20. The molecule has 21 heavy (non-hydrogen) atoms. The summed E-state index contributed by atoms with van der Waals surface area (Å²) >= 11 is 6.09. The Morgan fingerprint density at radius 2 is 2.00 bits per heavy atom. The predicted molar refractivity (Wildman–Crippen MR) is 90.3 cm³/mol. The first-order valence-corrected chi connectivity index (χ1v) is 8.58. The van der Waals surface area contributed by atoms with Crippen molar-refractivity contribution in [2.24, 2.45) is 0 Å². The molecule has 1 atom stereocenters. The molecule has 0 bridgehead atoms. The summed E-state index contributed by atoms with van der Waals surface area (Å²) in [5.41, 5.74) is 1.25. The van der Waals surface area contributed by atoms with Gasteiger partial charge in [-0.1, -0.05) is 17.7 Å². The van der Waals surface area contributed by atoms with E-state index < -0.39 is 0 Å². The summed E-state index contributed by atoms with van der Waals surface area (Å²) in [4.78, 5) is 5.06. The Labute approximate surface area is 133 Å². The largest absolute Gasteiger partial charge is 0.369 e. The van der Waals surface area contributed by atoms with E-state index in [0.717, 1.165) is 37.2 Å². The molecule has 3 nitrogen and oxygen atoms in total. The molecule has 1 aromatic carbocycles. The molecule has 0 radical (unpaired) electrons. The lowest BCUT2D eigenvalue weighted by atomic mass is 10.1. The average molecular weight is 308 g/mol. The van der Waals surface area contributed by atoms with Gasteiger partial charge in [0.15, 0.2) is 0 Å². The van der Waals surface area contributed by atoms with E-state index in [4.69, 9.17) is 11.6 Å². The molecule has 1 heterocycles. The summed E-state index contributed by atoms with van der Waals surface area (Å²) in [6.45, 7) is 8.03. The lowest BCUT2D eigenvalue weighted by Gasteiger charge is -2.39. The van der Waals surface area contributed by atoms with Crippen LogP contribution < -0.4 is 10.2 Å². The Kier molecular flexibility index (Phi) is 5.04. The lowest BCUT2D eigenvalue weighted by molar-refractivity contribution is 0.188. The number of halogens is 1. The zero-order valence-electron chi connectivity index (χ0n) is 12.9. The number of nitrogens with zero attached hydrogens (tertiary/aromatic N) is 2. The second-order valence-electron chi connectivity index (χ2n) is 6.37. The highest BCUT2D eigenvalue weighted by atomic mass is 35.5. The zero-order valence-corrected chi connectivity index (χ0v) is 13.6. The smallest absolute Gasteiger partial charge is 0.0426 e. The van der Waals surface area contributed by atoms with Crippen molar-refractivity contribution < 1.29 is 0 Å². The van der Waals surface area contributed by atoms with E-state index in [1.165, 1.54) is 31.5 Å². The Bertz CT molecular complexity index is 453. The van der Waals surface area contributed by atoms with Gasteiger partial charge in [0, 0.05) is 49.0 Å². The summed E-state index contributed by atoms with van der Waals surface area (Å²) < 4.78 is 0. The van der Waals surface area contributed by atoms with E-state index in [0.29, 0.717) is 6.04 Å². The molecule has 3 rings (SSSR count). The van der Waals surface area contributed by atoms with Crippen LogP contribution in [0.2, 0.25) is 5.02 Å². The highest BCUT2D eigenvalue weighted by Crippen LogP contribution is 2.22. The van der Waals surface area contributed by atoms with E-state index in [9.17, 15) is 0 Å². The fourth-order valence-corrected chi connectivity index (χ4v) is 3.24. The topological polar surface area (TPSA) is 18.5 Å². The third kappa shape index (κ3) is 4.35. The van der Waals surface area contributed by atoms with Crippen LogP contribution in [0.4, 0.5) is 5.69 Å². The van der Waals surface area contributed by atoms with E-state index >= 15 is 0 Å². The van der Waals surface area contributed by atoms with Gasteiger partial charge in [0.25, 0.3) is 0 Å². The summed E-state index contributed by atoms with van der Waals surface area (Å²) in [5, 5.41) is 4.44. The van der Waals surface area contributed by atoms with Crippen molar-refractivity contribution in [1.82, 2.24) is 10.2 Å². The van der Waals surface area contributed by atoms with Crippen LogP contribution in [0.3, 0.4) is 0 Å². The molecule has 4 heteroatoms. The Balaban J connectivity index is 1.43. The van der Waals surface area contributed by atoms with Crippen LogP contribution in [-0.2, 0) is 0 Å². The average Bonchev–Trinajstić information content (AvgIpc) is 3.31. The van der Waals surface area contributed by atoms with Gasteiger partial charge in [0.1, 0.15) is 0 Å². The Morgan fingerprint density at radius 3 is 2.67 bits per heavy atom. The summed E-state index contributed by atoms with van der Waals surface area (Å²) in [5.74, 6) is 0. The SMILES string of the molecule is CC(CCNC1CC1)N1CCN(c2cccc(Cl)c2)CC1. The van der Waals surface area contributed by atoms with Crippen LogP contribution >= 0.6 is 11.6 Å². The van der Waals surface area contributed by atoms with Crippen molar-refractivity contribution >= 4 is 17.3 Å². The maximum absolute atomic E-state index is 6.09. The minimum Gasteiger partial charge on any atom is -0.369 e. The van der Waals surface area contributed by atoms with Crippen molar-refractivity contribution in [2.75, 3.05) is 37.6 Å². The van der Waals surface area contributed by atoms with Gasteiger partial charge in [-0.15, -0.1) is 0 Å². The first-order chi connectivity index (χ1) is 10.2. The van der Waals surface area contributed by atoms with Crippen LogP contribution in [-0.4, -0.2) is 49.7 Å². The number of piperazine rings is 1. The standard InChI is InChI=1S/C17H26ClN3/c1-14(7-8-19-16-5-6-16)20-9-11-21(12-10-20)17-4-2-3-15(18)13-17/h2-4,13-14,16,19H,5-12H2,1H3. The number of hydrogen-bond acceptors (Lipinski definition) is 3. The van der Waals surface area contributed by atoms with Crippen LogP contribution in [0, 0.1) is 0 Å². The van der Waals surface area contributed by atoms with Crippen molar-refractivity contribution in [3.8, 4) is 0 Å². The number of anilines is 1. The number of rotatable bonds is 6. The molecule has 1 aliphatic carbocycles. The van der Waals surface area contributed by atoms with Crippen LogP contribution in [0.5, 0.6) is 0 Å². The fraction of sp³-hybridized carbons (Fsp3) is 0.647.